The Labute approximate surface area is 96.6 Å². The Bertz CT molecular complexity index is 524. The summed E-state index contributed by atoms with van der Waals surface area (Å²) in [7, 11) is 0. The molecule has 0 atom stereocenters. The number of imidazole rings is 1. The van der Waals surface area contributed by atoms with E-state index >= 15 is 0 Å². The van der Waals surface area contributed by atoms with Gasteiger partial charge in [-0.3, -0.25) is 0 Å². The molecule has 0 saturated heterocycles. The SMILES string of the molecule is Cc1nc(Nc2ccc(Cl)cc2F)c(N)[nH]1. The molecule has 0 amide bonds. The minimum absolute atomic E-state index is 0.280. The topological polar surface area (TPSA) is 66.7 Å². The Morgan fingerprint density at radius 1 is 1.50 bits per heavy atom. The van der Waals surface area contributed by atoms with Crippen molar-refractivity contribution in [3.63, 3.8) is 0 Å². The summed E-state index contributed by atoms with van der Waals surface area (Å²) in [6.45, 7) is 1.76. The van der Waals surface area contributed by atoms with Crippen LogP contribution in [0.1, 0.15) is 5.82 Å². The van der Waals surface area contributed by atoms with Crippen LogP contribution in [0, 0.1) is 12.7 Å². The highest BCUT2D eigenvalue weighted by Crippen LogP contribution is 2.24. The van der Waals surface area contributed by atoms with Crippen LogP contribution in [0.2, 0.25) is 5.02 Å². The average molecular weight is 241 g/mol. The fraction of sp³-hybridized carbons (Fsp3) is 0.100. The number of H-pyrrole nitrogens is 1. The van der Waals surface area contributed by atoms with E-state index in [1.54, 1.807) is 13.0 Å². The molecule has 0 saturated carbocycles. The number of aromatic amines is 1. The lowest BCUT2D eigenvalue weighted by molar-refractivity contribution is 0.632. The molecule has 2 rings (SSSR count). The van der Waals surface area contributed by atoms with Gasteiger partial charge in [-0.15, -0.1) is 0 Å². The van der Waals surface area contributed by atoms with Crippen molar-refractivity contribution in [3.8, 4) is 0 Å². The summed E-state index contributed by atoms with van der Waals surface area (Å²) in [5, 5.41) is 3.13. The summed E-state index contributed by atoms with van der Waals surface area (Å²) in [5.74, 6) is 0.979. The van der Waals surface area contributed by atoms with Gasteiger partial charge in [0.15, 0.2) is 5.82 Å². The van der Waals surface area contributed by atoms with Gasteiger partial charge in [-0.1, -0.05) is 11.6 Å². The highest BCUT2D eigenvalue weighted by Gasteiger charge is 2.08. The van der Waals surface area contributed by atoms with Gasteiger partial charge in [-0.25, -0.2) is 9.37 Å². The molecule has 0 aliphatic carbocycles. The number of nitrogens with two attached hydrogens (primary N) is 1. The molecule has 0 aliphatic rings. The van der Waals surface area contributed by atoms with Crippen molar-refractivity contribution in [1.82, 2.24) is 9.97 Å². The van der Waals surface area contributed by atoms with Crippen molar-refractivity contribution in [1.29, 1.82) is 0 Å². The van der Waals surface area contributed by atoms with E-state index in [0.717, 1.165) is 0 Å². The minimum atomic E-state index is -0.451. The molecule has 6 heteroatoms. The predicted octanol–water partition coefficient (Wildman–Crippen LogP) is 2.84. The summed E-state index contributed by atoms with van der Waals surface area (Å²) in [6.07, 6.45) is 0. The van der Waals surface area contributed by atoms with Crippen molar-refractivity contribution in [3.05, 3.63) is 34.9 Å². The average Bonchev–Trinajstić information content (AvgIpc) is 2.50. The number of hydrogen-bond donors (Lipinski definition) is 3. The van der Waals surface area contributed by atoms with E-state index in [0.29, 0.717) is 22.5 Å². The lowest BCUT2D eigenvalue weighted by Crippen LogP contribution is -1.97. The first kappa shape index (κ1) is 10.8. The number of aryl methyl sites for hydroxylation is 1. The van der Waals surface area contributed by atoms with Gasteiger partial charge in [0.2, 0.25) is 0 Å². The second-order valence-electron chi connectivity index (χ2n) is 3.33. The van der Waals surface area contributed by atoms with Gasteiger partial charge in [-0.05, 0) is 25.1 Å². The van der Waals surface area contributed by atoms with Crippen molar-refractivity contribution in [2.75, 3.05) is 11.1 Å². The Morgan fingerprint density at radius 3 is 2.81 bits per heavy atom. The number of aromatic nitrogens is 2. The summed E-state index contributed by atoms with van der Waals surface area (Å²) in [5.41, 5.74) is 5.92. The monoisotopic (exact) mass is 240 g/mol. The highest BCUT2D eigenvalue weighted by molar-refractivity contribution is 6.30. The van der Waals surface area contributed by atoms with Crippen LogP contribution < -0.4 is 11.1 Å². The number of nitrogens with zero attached hydrogens (tertiary/aromatic N) is 1. The van der Waals surface area contributed by atoms with Crippen LogP contribution >= 0.6 is 11.6 Å². The summed E-state index contributed by atoms with van der Waals surface area (Å²) in [4.78, 5) is 6.89. The molecule has 0 spiro atoms. The maximum atomic E-state index is 13.4. The molecule has 0 aliphatic heterocycles. The van der Waals surface area contributed by atoms with Crippen molar-refractivity contribution in [2.45, 2.75) is 6.92 Å². The third-order valence-electron chi connectivity index (χ3n) is 2.03. The highest BCUT2D eigenvalue weighted by atomic mass is 35.5. The lowest BCUT2D eigenvalue weighted by Gasteiger charge is -2.05. The first-order chi connectivity index (χ1) is 7.56. The lowest BCUT2D eigenvalue weighted by atomic mass is 10.3. The molecule has 0 fully saturated rings. The molecule has 0 bridgehead atoms. The number of rotatable bonds is 2. The van der Waals surface area contributed by atoms with Gasteiger partial charge < -0.3 is 16.0 Å². The summed E-state index contributed by atoms with van der Waals surface area (Å²) in [6, 6.07) is 4.34. The van der Waals surface area contributed by atoms with Crippen LogP contribution in [-0.2, 0) is 0 Å². The molecule has 4 N–H and O–H groups in total. The van der Waals surface area contributed by atoms with E-state index in [1.807, 2.05) is 0 Å². The van der Waals surface area contributed by atoms with E-state index in [9.17, 15) is 4.39 Å². The zero-order valence-electron chi connectivity index (χ0n) is 8.51. The Kier molecular flexibility index (Phi) is 2.70. The zero-order valence-corrected chi connectivity index (χ0v) is 9.27. The molecule has 16 heavy (non-hydrogen) atoms. The second-order valence-corrected chi connectivity index (χ2v) is 3.77. The van der Waals surface area contributed by atoms with Crippen molar-refractivity contribution in [2.24, 2.45) is 0 Å². The minimum Gasteiger partial charge on any atom is -0.382 e. The van der Waals surface area contributed by atoms with Crippen LogP contribution in [0.15, 0.2) is 18.2 Å². The first-order valence-corrected chi connectivity index (χ1v) is 4.98. The molecular formula is C10H10ClFN4. The third-order valence-corrected chi connectivity index (χ3v) is 2.27. The fourth-order valence-corrected chi connectivity index (χ4v) is 1.48. The Morgan fingerprint density at radius 2 is 2.25 bits per heavy atom. The van der Waals surface area contributed by atoms with Crippen LogP contribution in [0.3, 0.4) is 0 Å². The largest absolute Gasteiger partial charge is 0.382 e. The number of nitrogen functional groups attached to an aromatic ring is 1. The van der Waals surface area contributed by atoms with Crippen LogP contribution in [-0.4, -0.2) is 9.97 Å². The first-order valence-electron chi connectivity index (χ1n) is 4.60. The van der Waals surface area contributed by atoms with Crippen LogP contribution in [0.4, 0.5) is 21.7 Å². The Balaban J connectivity index is 2.30. The molecule has 0 unspecified atom stereocenters. The quantitative estimate of drug-likeness (QED) is 0.756. The van der Waals surface area contributed by atoms with Crippen molar-refractivity contribution >= 4 is 28.9 Å². The van der Waals surface area contributed by atoms with Gasteiger partial charge >= 0.3 is 0 Å². The molecular weight excluding hydrogens is 231 g/mol. The van der Waals surface area contributed by atoms with Crippen LogP contribution in [0.25, 0.3) is 0 Å². The van der Waals surface area contributed by atoms with E-state index in [2.05, 4.69) is 15.3 Å². The van der Waals surface area contributed by atoms with Gasteiger partial charge in [0.1, 0.15) is 17.5 Å². The smallest absolute Gasteiger partial charge is 0.173 e. The summed E-state index contributed by atoms with van der Waals surface area (Å²) < 4.78 is 13.4. The predicted molar refractivity (Wildman–Crippen MR) is 62.4 cm³/mol. The number of halogens is 2. The third kappa shape index (κ3) is 2.09. The molecule has 1 aromatic heterocycles. The molecule has 4 nitrogen and oxygen atoms in total. The molecule has 2 aromatic rings. The fourth-order valence-electron chi connectivity index (χ4n) is 1.32. The maximum Gasteiger partial charge on any atom is 0.173 e. The van der Waals surface area contributed by atoms with E-state index in [-0.39, 0.29) is 5.69 Å². The van der Waals surface area contributed by atoms with E-state index < -0.39 is 5.82 Å². The number of nitrogens with one attached hydrogen (secondary N) is 2. The number of benzene rings is 1. The number of anilines is 3. The summed E-state index contributed by atoms with van der Waals surface area (Å²) >= 11 is 5.64. The maximum absolute atomic E-state index is 13.4. The van der Waals surface area contributed by atoms with Crippen LogP contribution in [0.5, 0.6) is 0 Å². The molecule has 1 aromatic carbocycles. The van der Waals surface area contributed by atoms with E-state index in [1.165, 1.54) is 12.1 Å². The zero-order chi connectivity index (χ0) is 11.7. The van der Waals surface area contributed by atoms with Gasteiger partial charge in [0.25, 0.3) is 0 Å². The molecule has 0 radical (unpaired) electrons. The van der Waals surface area contributed by atoms with Crippen molar-refractivity contribution < 1.29 is 4.39 Å². The normalized spacial score (nSPS) is 10.4. The standard InChI is InChI=1S/C10H10ClFN4/c1-5-14-9(13)10(15-5)16-8-3-2-6(11)4-7(8)12/h2-4,16H,13H2,1H3,(H,14,15). The molecule has 84 valence electrons. The van der Waals surface area contributed by atoms with Gasteiger partial charge in [-0.2, -0.15) is 0 Å². The number of hydrogen-bond acceptors (Lipinski definition) is 3. The van der Waals surface area contributed by atoms with Gasteiger partial charge in [0, 0.05) is 5.02 Å². The van der Waals surface area contributed by atoms with Gasteiger partial charge in [0.05, 0.1) is 5.69 Å². The van der Waals surface area contributed by atoms with E-state index in [4.69, 9.17) is 17.3 Å². The Hall–Kier alpha value is -1.75. The molecule has 1 heterocycles. The second kappa shape index (κ2) is 4.02.